The first-order valence-electron chi connectivity index (χ1n) is 10.7. The van der Waals surface area contributed by atoms with Gasteiger partial charge in [-0.25, -0.2) is 9.67 Å². The summed E-state index contributed by atoms with van der Waals surface area (Å²) >= 11 is 1.55. The van der Waals surface area contributed by atoms with Crippen molar-refractivity contribution < 1.29 is 19.2 Å². The van der Waals surface area contributed by atoms with Crippen LogP contribution >= 0.6 is 11.3 Å². The Kier molecular flexibility index (Phi) is 5.91. The highest BCUT2D eigenvalue weighted by molar-refractivity contribution is 7.10. The van der Waals surface area contributed by atoms with Gasteiger partial charge in [-0.05, 0) is 53.3 Å². The summed E-state index contributed by atoms with van der Waals surface area (Å²) in [5.41, 5.74) is 2.25. The van der Waals surface area contributed by atoms with E-state index in [0.717, 1.165) is 16.0 Å². The average molecular weight is 492 g/mol. The number of nitro benzene ring substituents is 1. The molecule has 0 bridgehead atoms. The van der Waals surface area contributed by atoms with Gasteiger partial charge in [-0.2, -0.15) is 5.10 Å². The van der Waals surface area contributed by atoms with Crippen LogP contribution in [0.15, 0.2) is 60.5 Å². The second kappa shape index (κ2) is 9.18. The molecule has 1 aliphatic heterocycles. The van der Waals surface area contributed by atoms with E-state index in [0.29, 0.717) is 24.5 Å². The Morgan fingerprint density at radius 2 is 1.97 bits per heavy atom. The van der Waals surface area contributed by atoms with Crippen molar-refractivity contribution in [1.29, 1.82) is 0 Å². The van der Waals surface area contributed by atoms with Crippen molar-refractivity contribution in [2.24, 2.45) is 0 Å². The molecule has 1 amide bonds. The number of hydrogen-bond acceptors (Lipinski definition) is 8. The quantitative estimate of drug-likeness (QED) is 0.295. The van der Waals surface area contributed by atoms with E-state index in [1.807, 2.05) is 29.6 Å². The Morgan fingerprint density at radius 3 is 2.63 bits per heavy atom. The van der Waals surface area contributed by atoms with E-state index in [4.69, 9.17) is 9.47 Å². The minimum absolute atomic E-state index is 0.224. The second-order valence-corrected chi connectivity index (χ2v) is 8.85. The van der Waals surface area contributed by atoms with Gasteiger partial charge < -0.3 is 14.4 Å². The largest absolute Gasteiger partial charge is 0.493 e. The third-order valence-corrected chi connectivity index (χ3v) is 6.96. The number of nitro groups is 1. The highest BCUT2D eigenvalue weighted by Gasteiger charge is 2.35. The van der Waals surface area contributed by atoms with Crippen LogP contribution in [-0.4, -0.2) is 51.3 Å². The molecule has 0 spiro atoms. The topological polar surface area (TPSA) is 113 Å². The van der Waals surface area contributed by atoms with Crippen LogP contribution in [0.4, 0.5) is 5.69 Å². The molecule has 1 atom stereocenters. The summed E-state index contributed by atoms with van der Waals surface area (Å²) in [4.78, 5) is 31.7. The number of amides is 1. The number of ether oxygens (including phenoxy) is 2. The van der Waals surface area contributed by atoms with Gasteiger partial charge >= 0.3 is 0 Å². The maximum absolute atomic E-state index is 13.8. The predicted octanol–water partition coefficient (Wildman–Crippen LogP) is 4.04. The predicted molar refractivity (Wildman–Crippen MR) is 128 cm³/mol. The van der Waals surface area contributed by atoms with Crippen LogP contribution in [0, 0.1) is 10.1 Å². The van der Waals surface area contributed by atoms with E-state index in [-0.39, 0.29) is 28.9 Å². The summed E-state index contributed by atoms with van der Waals surface area (Å²) in [7, 11) is 3.17. The number of nitrogens with zero attached hydrogens (tertiary/aromatic N) is 5. The van der Waals surface area contributed by atoms with Crippen LogP contribution < -0.4 is 9.47 Å². The van der Waals surface area contributed by atoms with Crippen molar-refractivity contribution >= 4 is 22.9 Å². The molecular formula is C24H21N5O5S. The maximum atomic E-state index is 13.8. The molecule has 2 aromatic heterocycles. The van der Waals surface area contributed by atoms with E-state index in [1.54, 1.807) is 36.5 Å². The van der Waals surface area contributed by atoms with Crippen LogP contribution in [0.3, 0.4) is 0 Å². The van der Waals surface area contributed by atoms with Crippen LogP contribution in [0.1, 0.15) is 32.4 Å². The van der Waals surface area contributed by atoms with Crippen molar-refractivity contribution in [3.8, 4) is 17.2 Å². The summed E-state index contributed by atoms with van der Waals surface area (Å²) in [6.07, 6.45) is 3.28. The molecule has 1 aliphatic rings. The van der Waals surface area contributed by atoms with Gasteiger partial charge in [0.25, 0.3) is 11.6 Å². The van der Waals surface area contributed by atoms with Crippen LogP contribution in [0.5, 0.6) is 11.5 Å². The SMILES string of the molecule is COc1cc2c(cc1OC)C(c1cccs1)N(C(=O)c1ccc(-n3cncn3)c([N+](=O)[O-])c1)CC2. The van der Waals surface area contributed by atoms with Crippen molar-refractivity contribution in [2.75, 3.05) is 20.8 Å². The first-order chi connectivity index (χ1) is 17.0. The molecule has 178 valence electrons. The number of thiophene rings is 1. The van der Waals surface area contributed by atoms with Gasteiger partial charge in [-0.3, -0.25) is 14.9 Å². The van der Waals surface area contributed by atoms with E-state index in [9.17, 15) is 14.9 Å². The van der Waals surface area contributed by atoms with Crippen LogP contribution in [-0.2, 0) is 6.42 Å². The Balaban J connectivity index is 1.58. The minimum atomic E-state index is -0.521. The smallest absolute Gasteiger partial charge is 0.295 e. The molecule has 0 aliphatic carbocycles. The Labute approximate surface area is 204 Å². The van der Waals surface area contributed by atoms with Gasteiger partial charge in [-0.1, -0.05) is 6.07 Å². The summed E-state index contributed by atoms with van der Waals surface area (Å²) in [6, 6.07) is 11.8. The first kappa shape index (κ1) is 22.5. The van der Waals surface area contributed by atoms with Gasteiger partial charge in [0.1, 0.15) is 18.3 Å². The van der Waals surface area contributed by atoms with Crippen molar-refractivity contribution in [3.63, 3.8) is 0 Å². The fourth-order valence-electron chi connectivity index (χ4n) is 4.41. The zero-order chi connectivity index (χ0) is 24.5. The lowest BCUT2D eigenvalue weighted by atomic mass is 9.90. The third kappa shape index (κ3) is 3.99. The van der Waals surface area contributed by atoms with Gasteiger partial charge in [-0.15, -0.1) is 11.3 Å². The number of hydrogen-bond donors (Lipinski definition) is 0. The van der Waals surface area contributed by atoms with Gasteiger partial charge in [0.2, 0.25) is 0 Å². The van der Waals surface area contributed by atoms with E-state index in [2.05, 4.69) is 10.1 Å². The summed E-state index contributed by atoms with van der Waals surface area (Å²) in [5, 5.41) is 17.8. The Hall–Kier alpha value is -4.25. The monoisotopic (exact) mass is 491 g/mol. The van der Waals surface area contributed by atoms with Crippen molar-refractivity contribution in [3.05, 3.63) is 92.2 Å². The molecular weight excluding hydrogens is 470 g/mol. The molecule has 0 radical (unpaired) electrons. The standard InChI is InChI=1S/C24H21N5O5S/c1-33-20-11-15-7-8-27(23(22-4-3-9-35-22)17(15)12-21(20)34-2)24(30)16-5-6-18(19(10-16)29(31)32)28-14-25-13-26-28/h3-6,9-14,23H,7-8H2,1-2H3. The maximum Gasteiger partial charge on any atom is 0.295 e. The Morgan fingerprint density at radius 1 is 1.17 bits per heavy atom. The molecule has 1 unspecified atom stereocenters. The number of methoxy groups -OCH3 is 2. The fourth-order valence-corrected chi connectivity index (χ4v) is 5.27. The number of benzene rings is 2. The van der Waals surface area contributed by atoms with Gasteiger partial charge in [0, 0.05) is 23.1 Å². The molecule has 5 rings (SSSR count). The third-order valence-electron chi connectivity index (χ3n) is 6.03. The molecule has 2 aromatic carbocycles. The molecule has 11 heteroatoms. The molecule has 0 fully saturated rings. The van der Waals surface area contributed by atoms with Crippen LogP contribution in [0.25, 0.3) is 5.69 Å². The summed E-state index contributed by atoms with van der Waals surface area (Å²) in [5.74, 6) is 0.919. The lowest BCUT2D eigenvalue weighted by Crippen LogP contribution is -2.40. The summed E-state index contributed by atoms with van der Waals surface area (Å²) in [6.45, 7) is 0.447. The highest BCUT2D eigenvalue weighted by Crippen LogP contribution is 2.43. The van der Waals surface area contributed by atoms with Crippen LogP contribution in [0.2, 0.25) is 0 Å². The fraction of sp³-hybridized carbons (Fsp3) is 0.208. The lowest BCUT2D eigenvalue weighted by molar-refractivity contribution is -0.384. The van der Waals surface area contributed by atoms with E-state index >= 15 is 0 Å². The molecule has 0 saturated heterocycles. The summed E-state index contributed by atoms with van der Waals surface area (Å²) < 4.78 is 12.3. The van der Waals surface area contributed by atoms with Crippen molar-refractivity contribution in [1.82, 2.24) is 19.7 Å². The molecule has 4 aromatic rings. The zero-order valence-electron chi connectivity index (χ0n) is 19.0. The van der Waals surface area contributed by atoms with Gasteiger partial charge in [0.15, 0.2) is 11.5 Å². The number of carbonyl (C=O) groups is 1. The van der Waals surface area contributed by atoms with Crippen molar-refractivity contribution in [2.45, 2.75) is 12.5 Å². The van der Waals surface area contributed by atoms with E-state index < -0.39 is 4.92 Å². The normalized spacial score (nSPS) is 14.9. The second-order valence-electron chi connectivity index (χ2n) is 7.87. The lowest BCUT2D eigenvalue weighted by Gasteiger charge is -2.37. The number of fused-ring (bicyclic) bond motifs is 1. The molecule has 0 saturated carbocycles. The average Bonchev–Trinajstić information content (AvgIpc) is 3.61. The number of aromatic nitrogens is 3. The zero-order valence-corrected chi connectivity index (χ0v) is 19.8. The molecule has 10 nitrogen and oxygen atoms in total. The minimum Gasteiger partial charge on any atom is -0.493 e. The Bertz CT molecular complexity index is 1390. The highest BCUT2D eigenvalue weighted by atomic mass is 32.1. The van der Waals surface area contributed by atoms with Gasteiger partial charge in [0.05, 0.1) is 25.2 Å². The first-order valence-corrected chi connectivity index (χ1v) is 11.6. The number of carbonyl (C=O) groups excluding carboxylic acids is 1. The molecule has 0 N–H and O–H groups in total. The molecule has 3 heterocycles. The van der Waals surface area contributed by atoms with E-state index in [1.165, 1.54) is 29.5 Å². The molecule has 35 heavy (non-hydrogen) atoms. The number of rotatable bonds is 6.